The Hall–Kier alpha value is -1.75. The first-order chi connectivity index (χ1) is 13.9. The topological polar surface area (TPSA) is 58.8 Å². The molecule has 1 fully saturated rings. The first kappa shape index (κ1) is 24.5. The molecule has 0 aliphatic carbocycles. The number of aliphatic imine (C=N–C) groups is 1. The van der Waals surface area contributed by atoms with Crippen LogP contribution < -0.4 is 10.6 Å². The van der Waals surface area contributed by atoms with Crippen LogP contribution in [-0.2, 0) is 22.9 Å². The molecule has 30 heavy (non-hydrogen) atoms. The predicted molar refractivity (Wildman–Crippen MR) is 120 cm³/mol. The number of hydrogen-bond acceptors (Lipinski definition) is 3. The van der Waals surface area contributed by atoms with Gasteiger partial charge in [-0.2, -0.15) is 13.2 Å². The van der Waals surface area contributed by atoms with Crippen molar-refractivity contribution in [2.45, 2.75) is 37.9 Å². The molecule has 0 bridgehead atoms. The Balaban J connectivity index is 0.00000320. The molecule has 2 heterocycles. The number of nitrogens with one attached hydrogen (secondary N) is 2. The number of halogens is 4. The lowest BCUT2D eigenvalue weighted by Crippen LogP contribution is -2.48. The van der Waals surface area contributed by atoms with Gasteiger partial charge >= 0.3 is 6.18 Å². The molecule has 0 amide bonds. The molecule has 9 heteroatoms. The van der Waals surface area contributed by atoms with Crippen molar-refractivity contribution < 1.29 is 22.3 Å². The summed E-state index contributed by atoms with van der Waals surface area (Å²) >= 11 is 0. The van der Waals surface area contributed by atoms with Crippen LogP contribution >= 0.6 is 24.0 Å². The van der Waals surface area contributed by atoms with E-state index in [0.29, 0.717) is 57.2 Å². The fourth-order valence-electron chi connectivity index (χ4n) is 3.51. The Bertz CT molecular complexity index is 804. The third kappa shape index (κ3) is 6.37. The van der Waals surface area contributed by atoms with Crippen molar-refractivity contribution in [2.75, 3.05) is 26.3 Å². The molecule has 166 valence electrons. The molecule has 2 N–H and O–H groups in total. The van der Waals surface area contributed by atoms with Crippen molar-refractivity contribution in [3.8, 4) is 0 Å². The average Bonchev–Trinajstić information content (AvgIpc) is 3.24. The number of rotatable bonds is 6. The van der Waals surface area contributed by atoms with Gasteiger partial charge in [-0.05, 0) is 43.5 Å². The van der Waals surface area contributed by atoms with E-state index in [2.05, 4.69) is 15.6 Å². The highest BCUT2D eigenvalue weighted by Gasteiger charge is 2.37. The Labute approximate surface area is 191 Å². The Morgan fingerprint density at radius 1 is 1.13 bits per heavy atom. The Morgan fingerprint density at radius 2 is 1.90 bits per heavy atom. The van der Waals surface area contributed by atoms with E-state index in [0.717, 1.165) is 11.8 Å². The molecule has 1 aliphatic rings. The fourth-order valence-corrected chi connectivity index (χ4v) is 3.51. The van der Waals surface area contributed by atoms with Crippen LogP contribution in [0.5, 0.6) is 0 Å². The predicted octanol–water partition coefficient (Wildman–Crippen LogP) is 4.72. The van der Waals surface area contributed by atoms with E-state index in [-0.39, 0.29) is 24.0 Å². The summed E-state index contributed by atoms with van der Waals surface area (Å²) in [5.41, 5.74) is -0.412. The summed E-state index contributed by atoms with van der Waals surface area (Å²) in [6.45, 7) is 4.49. The van der Waals surface area contributed by atoms with Crippen LogP contribution in [0, 0.1) is 0 Å². The minimum absolute atomic E-state index is 0. The van der Waals surface area contributed by atoms with Gasteiger partial charge in [-0.3, -0.25) is 0 Å². The number of guanidine groups is 1. The van der Waals surface area contributed by atoms with Gasteiger partial charge in [-0.1, -0.05) is 18.2 Å². The minimum Gasteiger partial charge on any atom is -0.467 e. The van der Waals surface area contributed by atoms with Crippen LogP contribution in [-0.4, -0.2) is 32.3 Å². The van der Waals surface area contributed by atoms with Gasteiger partial charge in [-0.15, -0.1) is 24.0 Å². The first-order valence-electron chi connectivity index (χ1n) is 9.73. The average molecular weight is 537 g/mol. The van der Waals surface area contributed by atoms with E-state index in [4.69, 9.17) is 9.15 Å². The number of benzene rings is 1. The van der Waals surface area contributed by atoms with Crippen molar-refractivity contribution >= 4 is 29.9 Å². The summed E-state index contributed by atoms with van der Waals surface area (Å²) in [5.74, 6) is 1.34. The SMILES string of the molecule is CCNC(=NCc1ccco1)NCC1(c2cccc(C(F)(F)F)c2)CCOCC1.I. The molecule has 0 spiro atoms. The maximum Gasteiger partial charge on any atom is 0.416 e. The van der Waals surface area contributed by atoms with E-state index < -0.39 is 17.2 Å². The Kier molecular flexibility index (Phi) is 9.02. The van der Waals surface area contributed by atoms with Gasteiger partial charge in [0.1, 0.15) is 12.3 Å². The van der Waals surface area contributed by atoms with Crippen molar-refractivity contribution in [2.24, 2.45) is 4.99 Å². The van der Waals surface area contributed by atoms with E-state index in [1.807, 2.05) is 13.0 Å². The molecule has 0 radical (unpaired) electrons. The quantitative estimate of drug-likeness (QED) is 0.318. The molecule has 1 saturated heterocycles. The highest BCUT2D eigenvalue weighted by Crippen LogP contribution is 2.37. The fraction of sp³-hybridized carbons (Fsp3) is 0.476. The van der Waals surface area contributed by atoms with Gasteiger partial charge in [0.25, 0.3) is 0 Å². The third-order valence-electron chi connectivity index (χ3n) is 5.16. The van der Waals surface area contributed by atoms with Gasteiger partial charge in [0.15, 0.2) is 5.96 Å². The van der Waals surface area contributed by atoms with Gasteiger partial charge < -0.3 is 19.8 Å². The second kappa shape index (κ2) is 11.0. The van der Waals surface area contributed by atoms with E-state index in [1.54, 1.807) is 18.4 Å². The summed E-state index contributed by atoms with van der Waals surface area (Å²) in [4.78, 5) is 4.51. The highest BCUT2D eigenvalue weighted by atomic mass is 127. The van der Waals surface area contributed by atoms with E-state index in [9.17, 15) is 13.2 Å². The summed E-state index contributed by atoms with van der Waals surface area (Å²) < 4.78 is 50.5. The smallest absolute Gasteiger partial charge is 0.416 e. The number of nitrogens with zero attached hydrogens (tertiary/aromatic N) is 1. The zero-order chi connectivity index (χ0) is 20.7. The molecule has 1 aromatic carbocycles. The summed E-state index contributed by atoms with van der Waals surface area (Å²) in [6, 6.07) is 9.27. The molecule has 0 unspecified atom stereocenters. The van der Waals surface area contributed by atoms with Gasteiger partial charge in [-0.25, -0.2) is 4.99 Å². The number of alkyl halides is 3. The molecular weight excluding hydrogens is 510 g/mol. The number of furan rings is 1. The first-order valence-corrected chi connectivity index (χ1v) is 9.73. The molecule has 1 aliphatic heterocycles. The highest BCUT2D eigenvalue weighted by molar-refractivity contribution is 14.0. The van der Waals surface area contributed by atoms with Crippen molar-refractivity contribution in [3.63, 3.8) is 0 Å². The van der Waals surface area contributed by atoms with Crippen LogP contribution in [0.25, 0.3) is 0 Å². The van der Waals surface area contributed by atoms with E-state index in [1.165, 1.54) is 12.1 Å². The molecule has 0 saturated carbocycles. The largest absolute Gasteiger partial charge is 0.467 e. The van der Waals surface area contributed by atoms with Crippen molar-refractivity contribution in [1.82, 2.24) is 10.6 Å². The van der Waals surface area contributed by atoms with E-state index >= 15 is 0 Å². The summed E-state index contributed by atoms with van der Waals surface area (Å²) in [5, 5.41) is 6.49. The van der Waals surface area contributed by atoms with Gasteiger partial charge in [0, 0.05) is 31.7 Å². The standard InChI is InChI=1S/C21H26F3N3O2.HI/c1-2-25-19(26-14-18-7-4-10-29-18)27-15-20(8-11-28-12-9-20)16-5-3-6-17(13-16)21(22,23)24;/h3-7,10,13H,2,8-9,11-12,14-15H2,1H3,(H2,25,26,27);1H. The van der Waals surface area contributed by atoms with Crippen molar-refractivity contribution in [3.05, 3.63) is 59.5 Å². The molecule has 0 atom stereocenters. The lowest BCUT2D eigenvalue weighted by molar-refractivity contribution is -0.137. The van der Waals surface area contributed by atoms with Crippen LogP contribution in [0.4, 0.5) is 13.2 Å². The number of ether oxygens (including phenoxy) is 1. The zero-order valence-corrected chi connectivity index (χ0v) is 19.1. The third-order valence-corrected chi connectivity index (χ3v) is 5.16. The van der Waals surface area contributed by atoms with Crippen LogP contribution in [0.2, 0.25) is 0 Å². The summed E-state index contributed by atoms with van der Waals surface area (Å²) in [7, 11) is 0. The Morgan fingerprint density at radius 3 is 2.53 bits per heavy atom. The molecule has 5 nitrogen and oxygen atoms in total. The van der Waals surface area contributed by atoms with Crippen molar-refractivity contribution in [1.29, 1.82) is 0 Å². The summed E-state index contributed by atoms with van der Waals surface area (Å²) in [6.07, 6.45) is -1.50. The molecular formula is C21H27F3IN3O2. The maximum atomic E-state index is 13.2. The molecule has 1 aromatic heterocycles. The normalized spacial score (nSPS) is 16.6. The second-order valence-electron chi connectivity index (χ2n) is 7.10. The van der Waals surface area contributed by atoms with Crippen LogP contribution in [0.1, 0.15) is 36.7 Å². The molecule has 3 rings (SSSR count). The van der Waals surface area contributed by atoms with Crippen LogP contribution in [0.15, 0.2) is 52.1 Å². The monoisotopic (exact) mass is 537 g/mol. The number of hydrogen-bond donors (Lipinski definition) is 2. The maximum absolute atomic E-state index is 13.2. The van der Waals surface area contributed by atoms with Crippen LogP contribution in [0.3, 0.4) is 0 Å². The zero-order valence-electron chi connectivity index (χ0n) is 16.8. The molecule has 2 aromatic rings. The lowest BCUT2D eigenvalue weighted by Gasteiger charge is -2.38. The van der Waals surface area contributed by atoms with Gasteiger partial charge in [0.2, 0.25) is 0 Å². The second-order valence-corrected chi connectivity index (χ2v) is 7.10. The minimum atomic E-state index is -4.37. The lowest BCUT2D eigenvalue weighted by atomic mass is 9.73. The van der Waals surface area contributed by atoms with Gasteiger partial charge in [0.05, 0.1) is 11.8 Å².